The zero-order chi connectivity index (χ0) is 56.3. The maximum absolute atomic E-state index is 12.8. The molecule has 0 saturated carbocycles. The van der Waals surface area contributed by atoms with Crippen molar-refractivity contribution in [2.75, 3.05) is 47.5 Å². The lowest BCUT2D eigenvalue weighted by molar-refractivity contribution is -0.870. The van der Waals surface area contributed by atoms with Gasteiger partial charge in [-0.25, -0.2) is 4.57 Å². The van der Waals surface area contributed by atoms with E-state index in [0.29, 0.717) is 23.9 Å². The van der Waals surface area contributed by atoms with Crippen molar-refractivity contribution < 1.29 is 42.1 Å². The van der Waals surface area contributed by atoms with Crippen LogP contribution in [0.2, 0.25) is 0 Å². The van der Waals surface area contributed by atoms with Gasteiger partial charge in [-0.05, 0) is 51.4 Å². The van der Waals surface area contributed by atoms with E-state index in [-0.39, 0.29) is 25.6 Å². The standard InChI is InChI=1S/C67H126NO8P/c1-6-8-10-12-14-16-18-20-21-22-23-24-25-26-27-28-29-30-31-32-33-34-35-36-37-38-39-40-41-42-43-44-45-46-47-48-50-52-54-56-58-60-67(70)76-65(64-75-77(71,72)74-62-61-68(3,4)5)63-73-66(69)59-57-55-53-51-49-19-17-15-13-11-9-7-2/h8,10,14,16,20-21,23-24,65H,6-7,9,11-13,15,17-19,22,25-64H2,1-5H3/p+1/b10-8-,16-14-,21-20-,24-23-. The summed E-state index contributed by atoms with van der Waals surface area (Å²) in [4.78, 5) is 35.6. The van der Waals surface area contributed by atoms with Crippen molar-refractivity contribution in [1.82, 2.24) is 0 Å². The van der Waals surface area contributed by atoms with E-state index in [4.69, 9.17) is 18.5 Å². The molecule has 0 radical (unpaired) electrons. The second-order valence-corrected chi connectivity index (χ2v) is 24.9. The number of nitrogens with zero attached hydrogens (tertiary/aromatic N) is 1. The van der Waals surface area contributed by atoms with E-state index >= 15 is 0 Å². The van der Waals surface area contributed by atoms with E-state index in [1.54, 1.807) is 0 Å². The monoisotopic (exact) mass is 1100 g/mol. The van der Waals surface area contributed by atoms with Crippen LogP contribution in [0.4, 0.5) is 0 Å². The number of phosphoric acid groups is 1. The van der Waals surface area contributed by atoms with E-state index in [0.717, 1.165) is 57.8 Å². The third-order valence-electron chi connectivity index (χ3n) is 14.6. The van der Waals surface area contributed by atoms with Gasteiger partial charge in [0.15, 0.2) is 6.10 Å². The Morgan fingerprint density at radius 3 is 1.10 bits per heavy atom. The van der Waals surface area contributed by atoms with Crippen molar-refractivity contribution in [2.24, 2.45) is 0 Å². The van der Waals surface area contributed by atoms with Gasteiger partial charge in [-0.3, -0.25) is 18.6 Å². The Hall–Kier alpha value is -2.03. The van der Waals surface area contributed by atoms with Crippen molar-refractivity contribution in [3.8, 4) is 0 Å². The van der Waals surface area contributed by atoms with Gasteiger partial charge in [0, 0.05) is 12.8 Å². The predicted octanol–water partition coefficient (Wildman–Crippen LogP) is 20.9. The van der Waals surface area contributed by atoms with Gasteiger partial charge < -0.3 is 18.9 Å². The lowest BCUT2D eigenvalue weighted by atomic mass is 10.0. The summed E-state index contributed by atoms with van der Waals surface area (Å²) >= 11 is 0. The maximum Gasteiger partial charge on any atom is 0.472 e. The van der Waals surface area contributed by atoms with E-state index in [2.05, 4.69) is 62.5 Å². The van der Waals surface area contributed by atoms with Crippen molar-refractivity contribution in [3.63, 3.8) is 0 Å². The number of likely N-dealkylation sites (N-methyl/N-ethyl adjacent to an activating group) is 1. The third kappa shape index (κ3) is 63.0. The minimum Gasteiger partial charge on any atom is -0.462 e. The number of esters is 2. The van der Waals surface area contributed by atoms with Crippen LogP contribution in [0.15, 0.2) is 48.6 Å². The third-order valence-corrected chi connectivity index (χ3v) is 15.6. The Morgan fingerprint density at radius 1 is 0.416 bits per heavy atom. The van der Waals surface area contributed by atoms with Gasteiger partial charge in [0.05, 0.1) is 27.7 Å². The second kappa shape index (κ2) is 58.6. The summed E-state index contributed by atoms with van der Waals surface area (Å²) in [7, 11) is 1.49. The van der Waals surface area contributed by atoms with Gasteiger partial charge in [0.1, 0.15) is 19.8 Å². The number of carbonyl (C=O) groups excluding carboxylic acids is 2. The first kappa shape index (κ1) is 75.0. The summed E-state index contributed by atoms with van der Waals surface area (Å²) in [6.07, 6.45) is 75.2. The lowest BCUT2D eigenvalue weighted by Gasteiger charge is -2.24. The minimum absolute atomic E-state index is 0.0352. The number of unbranched alkanes of at least 4 members (excludes halogenated alkanes) is 39. The predicted molar refractivity (Wildman–Crippen MR) is 330 cm³/mol. The summed E-state index contributed by atoms with van der Waals surface area (Å²) in [5, 5.41) is 0. The molecule has 77 heavy (non-hydrogen) atoms. The van der Waals surface area contributed by atoms with Crippen LogP contribution < -0.4 is 0 Å². The van der Waals surface area contributed by atoms with Crippen LogP contribution in [0.1, 0.15) is 316 Å². The van der Waals surface area contributed by atoms with Crippen molar-refractivity contribution in [1.29, 1.82) is 0 Å². The Kier molecular flexibility index (Phi) is 57.1. The van der Waals surface area contributed by atoms with E-state index < -0.39 is 26.5 Å². The van der Waals surface area contributed by atoms with Crippen molar-refractivity contribution >= 4 is 19.8 Å². The molecule has 10 heteroatoms. The average molecular weight is 1110 g/mol. The molecule has 0 saturated heterocycles. The Bertz CT molecular complexity index is 1440. The zero-order valence-corrected chi connectivity index (χ0v) is 52.4. The van der Waals surface area contributed by atoms with E-state index in [9.17, 15) is 19.0 Å². The van der Waals surface area contributed by atoms with Crippen LogP contribution in [0, 0.1) is 0 Å². The molecule has 9 nitrogen and oxygen atoms in total. The molecule has 452 valence electrons. The van der Waals surface area contributed by atoms with Gasteiger partial charge in [-0.2, -0.15) is 0 Å². The molecule has 0 aromatic rings. The topological polar surface area (TPSA) is 108 Å². The summed E-state index contributed by atoms with van der Waals surface area (Å²) in [6.45, 7) is 4.36. The molecule has 0 bridgehead atoms. The molecule has 0 aromatic heterocycles. The van der Waals surface area contributed by atoms with Crippen LogP contribution in [-0.2, 0) is 32.7 Å². The SMILES string of the molecule is CC/C=C\C/C=C\C/C=C\C/C=C\CCCCCCCCCCCCCCCCCCCCCCCCCCCCCCC(=O)OC(COC(=O)CCCCCCCCCCCCCC)COP(=O)(O)OCC[N+](C)(C)C. The van der Waals surface area contributed by atoms with Gasteiger partial charge in [0.2, 0.25) is 0 Å². The molecule has 0 aliphatic carbocycles. The van der Waals surface area contributed by atoms with E-state index in [1.165, 1.54) is 225 Å². The van der Waals surface area contributed by atoms with Crippen molar-refractivity contribution in [3.05, 3.63) is 48.6 Å². The highest BCUT2D eigenvalue weighted by atomic mass is 31.2. The Morgan fingerprint density at radius 2 is 0.740 bits per heavy atom. The molecule has 0 spiro atoms. The first-order valence-corrected chi connectivity index (χ1v) is 34.4. The summed E-state index contributed by atoms with van der Waals surface area (Å²) in [5.41, 5.74) is 0. The van der Waals surface area contributed by atoms with Crippen LogP contribution in [-0.4, -0.2) is 74.9 Å². The Balaban J connectivity index is 3.81. The lowest BCUT2D eigenvalue weighted by Crippen LogP contribution is -2.37. The average Bonchev–Trinajstić information content (AvgIpc) is 3.39. The molecule has 1 N–H and O–H groups in total. The number of ether oxygens (including phenoxy) is 2. The number of allylic oxidation sites excluding steroid dienone is 8. The first-order valence-electron chi connectivity index (χ1n) is 32.9. The molecule has 0 amide bonds. The van der Waals surface area contributed by atoms with Gasteiger partial charge in [0.25, 0.3) is 0 Å². The number of phosphoric ester groups is 1. The minimum atomic E-state index is -4.38. The molecule has 0 aliphatic rings. The number of carbonyl (C=O) groups is 2. The molecule has 0 aromatic carbocycles. The number of rotatable bonds is 61. The molecule has 0 heterocycles. The smallest absolute Gasteiger partial charge is 0.462 e. The summed E-state index contributed by atoms with van der Waals surface area (Å²) in [6, 6.07) is 0. The fraction of sp³-hybridized carbons (Fsp3) is 0.851. The fourth-order valence-corrected chi connectivity index (χ4v) is 10.3. The number of hydrogen-bond donors (Lipinski definition) is 1. The number of hydrogen-bond acceptors (Lipinski definition) is 7. The maximum atomic E-state index is 12.8. The molecular weight excluding hydrogens is 978 g/mol. The normalized spacial score (nSPS) is 13.5. The van der Waals surface area contributed by atoms with E-state index in [1.807, 2.05) is 21.1 Å². The molecule has 2 unspecified atom stereocenters. The van der Waals surface area contributed by atoms with Crippen LogP contribution in [0.3, 0.4) is 0 Å². The van der Waals surface area contributed by atoms with Crippen LogP contribution in [0.5, 0.6) is 0 Å². The Labute approximate surface area is 477 Å². The first-order chi connectivity index (χ1) is 37.5. The molecule has 2 atom stereocenters. The van der Waals surface area contributed by atoms with Crippen LogP contribution in [0.25, 0.3) is 0 Å². The van der Waals surface area contributed by atoms with Gasteiger partial charge in [-0.1, -0.05) is 300 Å². The largest absolute Gasteiger partial charge is 0.472 e. The summed E-state index contributed by atoms with van der Waals surface area (Å²) < 4.78 is 34.6. The highest BCUT2D eigenvalue weighted by Gasteiger charge is 2.27. The summed E-state index contributed by atoms with van der Waals surface area (Å²) in [5.74, 6) is -0.780. The quantitative estimate of drug-likeness (QED) is 0.0211. The molecule has 0 rings (SSSR count). The van der Waals surface area contributed by atoms with Gasteiger partial charge in [-0.15, -0.1) is 0 Å². The molecule has 0 aliphatic heterocycles. The molecular formula is C67H127NO8P+. The molecule has 0 fully saturated rings. The fourth-order valence-electron chi connectivity index (χ4n) is 9.60. The highest BCUT2D eigenvalue weighted by Crippen LogP contribution is 2.43. The second-order valence-electron chi connectivity index (χ2n) is 23.5. The number of quaternary nitrogens is 1. The van der Waals surface area contributed by atoms with Gasteiger partial charge >= 0.3 is 19.8 Å². The van der Waals surface area contributed by atoms with Crippen molar-refractivity contribution in [2.45, 2.75) is 322 Å². The zero-order valence-electron chi connectivity index (χ0n) is 51.5. The van der Waals surface area contributed by atoms with Crippen LogP contribution >= 0.6 is 7.82 Å². The highest BCUT2D eigenvalue weighted by molar-refractivity contribution is 7.47.